The summed E-state index contributed by atoms with van der Waals surface area (Å²) in [6, 6.07) is 0.582. The van der Waals surface area contributed by atoms with E-state index in [2.05, 4.69) is 50.5 Å². The summed E-state index contributed by atoms with van der Waals surface area (Å²) >= 11 is 0. The number of allylic oxidation sites excluding steroid dienone is 3. The van der Waals surface area contributed by atoms with Crippen molar-refractivity contribution in [3.05, 3.63) is 24.4 Å². The van der Waals surface area contributed by atoms with E-state index in [4.69, 9.17) is 0 Å². The van der Waals surface area contributed by atoms with Gasteiger partial charge >= 0.3 is 0 Å². The fourth-order valence-electron chi connectivity index (χ4n) is 0.857. The summed E-state index contributed by atoms with van der Waals surface area (Å²) in [5, 5.41) is 3.31. The summed E-state index contributed by atoms with van der Waals surface area (Å²) in [6.45, 7) is 8.59. The molecule has 0 radical (unpaired) electrons. The van der Waals surface area contributed by atoms with Crippen LogP contribution in [0.5, 0.6) is 0 Å². The molecule has 0 rings (SSSR count). The normalized spacial score (nSPS) is 17.0. The summed E-state index contributed by atoms with van der Waals surface area (Å²) in [6.07, 6.45) is 9.65. The molecule has 1 nitrogen and oxygen atoms in total. The first-order chi connectivity index (χ1) is 5.70. The topological polar surface area (TPSA) is 12.0 Å². The van der Waals surface area contributed by atoms with Crippen LogP contribution in [0.25, 0.3) is 0 Å². The maximum absolute atomic E-state index is 3.31. The summed E-state index contributed by atoms with van der Waals surface area (Å²) in [4.78, 5) is 0. The maximum atomic E-state index is 3.31. The first-order valence-electron chi connectivity index (χ1n) is 4.76. The third-order valence-corrected chi connectivity index (χ3v) is 1.89. The van der Waals surface area contributed by atoms with Gasteiger partial charge < -0.3 is 5.32 Å². The molecule has 2 unspecified atom stereocenters. The summed E-state index contributed by atoms with van der Waals surface area (Å²) in [5.74, 6) is 0.534. The molecule has 0 spiro atoms. The lowest BCUT2D eigenvalue weighted by atomic mass is 10.1. The van der Waals surface area contributed by atoms with Gasteiger partial charge in [-0.1, -0.05) is 32.1 Å². The zero-order valence-electron chi connectivity index (χ0n) is 8.67. The van der Waals surface area contributed by atoms with Gasteiger partial charge in [0.15, 0.2) is 0 Å². The molecule has 0 aliphatic rings. The molecule has 0 amide bonds. The second-order valence-electron chi connectivity index (χ2n) is 3.22. The Morgan fingerprint density at radius 3 is 2.42 bits per heavy atom. The predicted molar refractivity (Wildman–Crippen MR) is 56.0 cm³/mol. The van der Waals surface area contributed by atoms with Crippen molar-refractivity contribution in [1.29, 1.82) is 0 Å². The lowest BCUT2D eigenvalue weighted by molar-refractivity contribution is 0.616. The second kappa shape index (κ2) is 6.96. The van der Waals surface area contributed by atoms with Gasteiger partial charge in [-0.15, -0.1) is 0 Å². The Bertz CT molecular complexity index is 147. The third kappa shape index (κ3) is 6.02. The second-order valence-corrected chi connectivity index (χ2v) is 3.22. The van der Waals surface area contributed by atoms with Gasteiger partial charge in [-0.05, 0) is 32.4 Å². The Kier molecular flexibility index (Phi) is 6.54. The molecule has 1 N–H and O–H groups in total. The minimum absolute atomic E-state index is 0.534. The van der Waals surface area contributed by atoms with Crippen LogP contribution in [-0.4, -0.2) is 6.04 Å². The molecule has 12 heavy (non-hydrogen) atoms. The molecular formula is C11H21N. The van der Waals surface area contributed by atoms with E-state index in [0.717, 1.165) is 0 Å². The highest BCUT2D eigenvalue weighted by Gasteiger charge is 1.91. The SMILES string of the molecule is CC=CC(C)C=CNC(C)CC. The van der Waals surface area contributed by atoms with E-state index in [1.165, 1.54) is 6.42 Å². The number of hydrogen-bond donors (Lipinski definition) is 1. The van der Waals surface area contributed by atoms with Crippen LogP contribution in [0.1, 0.15) is 34.1 Å². The summed E-state index contributed by atoms with van der Waals surface area (Å²) < 4.78 is 0. The molecule has 0 bridgehead atoms. The number of hydrogen-bond acceptors (Lipinski definition) is 1. The lowest BCUT2D eigenvalue weighted by Gasteiger charge is -2.07. The smallest absolute Gasteiger partial charge is 0.0224 e. The van der Waals surface area contributed by atoms with E-state index in [1.807, 2.05) is 6.92 Å². The van der Waals surface area contributed by atoms with E-state index in [0.29, 0.717) is 12.0 Å². The minimum Gasteiger partial charge on any atom is -0.389 e. The minimum atomic E-state index is 0.534. The zero-order chi connectivity index (χ0) is 9.40. The van der Waals surface area contributed by atoms with Crippen molar-refractivity contribution >= 4 is 0 Å². The zero-order valence-corrected chi connectivity index (χ0v) is 8.67. The van der Waals surface area contributed by atoms with Gasteiger partial charge in [-0.2, -0.15) is 0 Å². The maximum Gasteiger partial charge on any atom is 0.0224 e. The molecule has 1 heteroatoms. The molecule has 70 valence electrons. The van der Waals surface area contributed by atoms with Crippen LogP contribution < -0.4 is 5.32 Å². The molecule has 0 heterocycles. The van der Waals surface area contributed by atoms with Gasteiger partial charge in [-0.25, -0.2) is 0 Å². The molecule has 0 aromatic rings. The van der Waals surface area contributed by atoms with Crippen molar-refractivity contribution in [2.24, 2.45) is 5.92 Å². The summed E-state index contributed by atoms with van der Waals surface area (Å²) in [7, 11) is 0. The number of nitrogens with one attached hydrogen (secondary N) is 1. The fraction of sp³-hybridized carbons (Fsp3) is 0.636. The third-order valence-electron chi connectivity index (χ3n) is 1.89. The van der Waals surface area contributed by atoms with Crippen LogP contribution in [-0.2, 0) is 0 Å². The van der Waals surface area contributed by atoms with Gasteiger partial charge in [0.1, 0.15) is 0 Å². The molecule has 0 saturated carbocycles. The average molecular weight is 167 g/mol. The largest absolute Gasteiger partial charge is 0.389 e. The van der Waals surface area contributed by atoms with Crippen LogP contribution in [0, 0.1) is 5.92 Å². The Morgan fingerprint density at radius 1 is 1.25 bits per heavy atom. The van der Waals surface area contributed by atoms with Crippen LogP contribution in [0.4, 0.5) is 0 Å². The highest BCUT2D eigenvalue weighted by Crippen LogP contribution is 1.98. The lowest BCUT2D eigenvalue weighted by Crippen LogP contribution is -2.18. The quantitative estimate of drug-likeness (QED) is 0.620. The average Bonchev–Trinajstić information content (AvgIpc) is 2.04. The first kappa shape index (κ1) is 11.3. The van der Waals surface area contributed by atoms with Crippen molar-refractivity contribution in [1.82, 2.24) is 5.32 Å². The molecule has 0 aliphatic carbocycles. The van der Waals surface area contributed by atoms with E-state index < -0.39 is 0 Å². The van der Waals surface area contributed by atoms with Crippen molar-refractivity contribution in [3.63, 3.8) is 0 Å². The van der Waals surface area contributed by atoms with Crippen LogP contribution in [0.15, 0.2) is 24.4 Å². The Labute approximate surface area is 76.6 Å². The first-order valence-corrected chi connectivity index (χ1v) is 4.76. The molecular weight excluding hydrogens is 146 g/mol. The molecule has 0 aromatic carbocycles. The molecule has 0 fully saturated rings. The highest BCUT2D eigenvalue weighted by molar-refractivity contribution is 4.96. The van der Waals surface area contributed by atoms with Gasteiger partial charge in [0, 0.05) is 6.04 Å². The van der Waals surface area contributed by atoms with Crippen LogP contribution >= 0.6 is 0 Å². The van der Waals surface area contributed by atoms with Crippen LogP contribution in [0.3, 0.4) is 0 Å². The standard InChI is InChI=1S/C11H21N/c1-5-7-10(3)8-9-12-11(4)6-2/h5,7-12H,6H2,1-4H3. The predicted octanol–water partition coefficient (Wildman–Crippen LogP) is 3.10. The van der Waals surface area contributed by atoms with Crippen molar-refractivity contribution < 1.29 is 0 Å². The highest BCUT2D eigenvalue weighted by atomic mass is 14.9. The molecule has 0 aromatic heterocycles. The van der Waals surface area contributed by atoms with Gasteiger partial charge in [-0.3, -0.25) is 0 Å². The monoisotopic (exact) mass is 167 g/mol. The van der Waals surface area contributed by atoms with Gasteiger partial charge in [0.25, 0.3) is 0 Å². The summed E-state index contributed by atoms with van der Waals surface area (Å²) in [5.41, 5.74) is 0. The number of rotatable bonds is 5. The van der Waals surface area contributed by atoms with Crippen molar-refractivity contribution in [2.45, 2.75) is 40.2 Å². The van der Waals surface area contributed by atoms with Crippen molar-refractivity contribution in [2.75, 3.05) is 0 Å². The van der Waals surface area contributed by atoms with Gasteiger partial charge in [0.05, 0.1) is 0 Å². The van der Waals surface area contributed by atoms with Crippen LogP contribution in [0.2, 0.25) is 0 Å². The van der Waals surface area contributed by atoms with E-state index >= 15 is 0 Å². The van der Waals surface area contributed by atoms with Gasteiger partial charge in [0.2, 0.25) is 0 Å². The Balaban J connectivity index is 3.60. The Hall–Kier alpha value is -0.720. The van der Waals surface area contributed by atoms with Crippen molar-refractivity contribution in [3.8, 4) is 0 Å². The molecule has 0 saturated heterocycles. The fourth-order valence-corrected chi connectivity index (χ4v) is 0.857. The van der Waals surface area contributed by atoms with E-state index in [9.17, 15) is 0 Å². The Morgan fingerprint density at radius 2 is 1.92 bits per heavy atom. The van der Waals surface area contributed by atoms with E-state index in [-0.39, 0.29) is 0 Å². The molecule has 2 atom stereocenters. The van der Waals surface area contributed by atoms with E-state index in [1.54, 1.807) is 0 Å². The molecule has 0 aliphatic heterocycles.